The summed E-state index contributed by atoms with van der Waals surface area (Å²) in [6.07, 6.45) is 1.74. The number of rotatable bonds is 8. The smallest absolute Gasteiger partial charge is 0.326 e. The molecule has 0 bridgehead atoms. The second kappa shape index (κ2) is 9.87. The lowest BCUT2D eigenvalue weighted by Crippen LogP contribution is -2.42. The van der Waals surface area contributed by atoms with Crippen molar-refractivity contribution in [3.63, 3.8) is 0 Å². The average Bonchev–Trinajstić information content (AvgIpc) is 3.26. The maximum absolute atomic E-state index is 13.0. The summed E-state index contributed by atoms with van der Waals surface area (Å²) in [6.45, 7) is 0. The molecule has 4 N–H and O–H groups in total. The molecule has 0 fully saturated rings. The topological polar surface area (TPSA) is 154 Å². The number of aliphatic carboxylic acids is 1. The Hall–Kier alpha value is -4.99. The van der Waals surface area contributed by atoms with Gasteiger partial charge in [0.2, 0.25) is 0 Å². The van der Waals surface area contributed by atoms with E-state index in [4.69, 9.17) is 0 Å². The Kier molecular flexibility index (Phi) is 6.54. The van der Waals surface area contributed by atoms with Gasteiger partial charge in [0, 0.05) is 29.6 Å². The van der Waals surface area contributed by atoms with Crippen LogP contribution in [0.25, 0.3) is 10.9 Å². The highest BCUT2D eigenvalue weighted by atomic mass is 16.6. The molecule has 10 heteroatoms. The predicted octanol–water partition coefficient (Wildman–Crippen LogP) is 3.75. The van der Waals surface area contributed by atoms with Crippen LogP contribution in [0.2, 0.25) is 0 Å². The van der Waals surface area contributed by atoms with Crippen LogP contribution in [-0.2, 0) is 11.2 Å². The quantitative estimate of drug-likeness (QED) is 0.226. The van der Waals surface area contributed by atoms with Crippen LogP contribution >= 0.6 is 0 Å². The number of nitrogens with zero attached hydrogens (tertiary/aromatic N) is 1. The number of H-pyrrole nitrogens is 1. The van der Waals surface area contributed by atoms with E-state index in [1.54, 1.807) is 18.3 Å². The number of para-hydroxylation sites is 3. The maximum Gasteiger partial charge on any atom is 0.326 e. The zero-order chi connectivity index (χ0) is 24.9. The first-order valence-electron chi connectivity index (χ1n) is 10.6. The van der Waals surface area contributed by atoms with Gasteiger partial charge >= 0.3 is 5.97 Å². The van der Waals surface area contributed by atoms with Crippen molar-refractivity contribution in [1.82, 2.24) is 10.3 Å². The Morgan fingerprint density at radius 2 is 1.57 bits per heavy atom. The fourth-order valence-electron chi connectivity index (χ4n) is 3.76. The van der Waals surface area contributed by atoms with Crippen molar-refractivity contribution < 1.29 is 24.4 Å². The van der Waals surface area contributed by atoms with E-state index in [0.717, 1.165) is 16.5 Å². The molecule has 176 valence electrons. The van der Waals surface area contributed by atoms with E-state index in [1.165, 1.54) is 36.4 Å². The molecule has 0 saturated heterocycles. The normalized spacial score (nSPS) is 11.5. The number of carbonyl (C=O) groups is 3. The van der Waals surface area contributed by atoms with E-state index in [-0.39, 0.29) is 28.9 Å². The molecule has 0 aliphatic heterocycles. The van der Waals surface area contributed by atoms with Crippen molar-refractivity contribution in [3.8, 4) is 0 Å². The third kappa shape index (κ3) is 5.01. The van der Waals surface area contributed by atoms with Crippen molar-refractivity contribution in [2.45, 2.75) is 12.5 Å². The van der Waals surface area contributed by atoms with Crippen LogP contribution in [0.15, 0.2) is 79.0 Å². The molecule has 4 aromatic rings. The van der Waals surface area contributed by atoms with E-state index in [0.29, 0.717) is 0 Å². The number of benzene rings is 3. The van der Waals surface area contributed by atoms with E-state index >= 15 is 0 Å². The second-order valence-corrected chi connectivity index (χ2v) is 7.70. The molecule has 3 aromatic carbocycles. The number of carboxylic acid groups (broad SMARTS) is 1. The highest BCUT2D eigenvalue weighted by Gasteiger charge is 2.25. The SMILES string of the molecule is O=C(NC(Cc1c[nH]c2ccccc12)C(=O)O)c1ccccc1NC(=O)c1ccccc1[N+](=O)[O-]. The lowest BCUT2D eigenvalue weighted by molar-refractivity contribution is -0.385. The summed E-state index contributed by atoms with van der Waals surface area (Å²) in [6, 6.07) is 17.6. The summed E-state index contributed by atoms with van der Waals surface area (Å²) in [5.41, 5.74) is 1.13. The summed E-state index contributed by atoms with van der Waals surface area (Å²) in [5, 5.41) is 26.9. The number of hydrogen-bond donors (Lipinski definition) is 4. The van der Waals surface area contributed by atoms with Crippen molar-refractivity contribution in [2.24, 2.45) is 0 Å². The van der Waals surface area contributed by atoms with E-state index in [2.05, 4.69) is 15.6 Å². The number of carboxylic acids is 1. The highest BCUT2D eigenvalue weighted by Crippen LogP contribution is 2.22. The molecule has 35 heavy (non-hydrogen) atoms. The fraction of sp³-hybridized carbons (Fsp3) is 0.0800. The van der Waals surface area contributed by atoms with Crippen molar-refractivity contribution in [2.75, 3.05) is 5.32 Å². The summed E-state index contributed by atoms with van der Waals surface area (Å²) < 4.78 is 0. The minimum atomic E-state index is -1.24. The third-order valence-corrected chi connectivity index (χ3v) is 5.47. The number of anilines is 1. The molecule has 0 aliphatic carbocycles. The number of fused-ring (bicyclic) bond motifs is 1. The highest BCUT2D eigenvalue weighted by molar-refractivity contribution is 6.11. The number of nitro benzene ring substituents is 1. The monoisotopic (exact) mass is 472 g/mol. The van der Waals surface area contributed by atoms with Gasteiger partial charge in [-0.25, -0.2) is 4.79 Å². The van der Waals surface area contributed by atoms with E-state index in [1.807, 2.05) is 24.3 Å². The molecular weight excluding hydrogens is 452 g/mol. The molecule has 0 aliphatic rings. The number of hydrogen-bond acceptors (Lipinski definition) is 5. The van der Waals surface area contributed by atoms with Gasteiger partial charge in [-0.2, -0.15) is 0 Å². The van der Waals surface area contributed by atoms with Crippen LogP contribution in [0, 0.1) is 10.1 Å². The van der Waals surface area contributed by atoms with Crippen LogP contribution in [0.3, 0.4) is 0 Å². The molecule has 0 radical (unpaired) electrons. The van der Waals surface area contributed by atoms with Gasteiger partial charge in [0.05, 0.1) is 16.2 Å². The minimum absolute atomic E-state index is 0.0182. The van der Waals surface area contributed by atoms with Crippen LogP contribution in [-0.4, -0.2) is 38.8 Å². The first-order valence-corrected chi connectivity index (χ1v) is 10.6. The molecule has 1 unspecified atom stereocenters. The number of amides is 2. The largest absolute Gasteiger partial charge is 0.480 e. The summed E-state index contributed by atoms with van der Waals surface area (Å²) >= 11 is 0. The van der Waals surface area contributed by atoms with Crippen LogP contribution in [0.4, 0.5) is 11.4 Å². The van der Waals surface area contributed by atoms with Gasteiger partial charge in [-0.1, -0.05) is 42.5 Å². The van der Waals surface area contributed by atoms with Crippen LogP contribution in [0.5, 0.6) is 0 Å². The van der Waals surface area contributed by atoms with E-state index < -0.39 is 28.7 Å². The molecule has 1 aromatic heterocycles. The number of carbonyl (C=O) groups excluding carboxylic acids is 2. The van der Waals surface area contributed by atoms with Gasteiger partial charge in [-0.3, -0.25) is 19.7 Å². The van der Waals surface area contributed by atoms with Gasteiger partial charge in [-0.05, 0) is 29.8 Å². The minimum Gasteiger partial charge on any atom is -0.480 e. The Balaban J connectivity index is 1.55. The number of nitro groups is 1. The standard InChI is InChI=1S/C25H20N4O6/c30-23(28-21(25(32)33)13-15-14-26-19-10-4-1-7-16(15)19)17-8-2-5-11-20(17)27-24(31)18-9-3-6-12-22(18)29(34)35/h1-12,14,21,26H,13H2,(H,27,31)(H,28,30)(H,32,33). The molecule has 2 amide bonds. The fourth-order valence-corrected chi connectivity index (χ4v) is 3.76. The molecule has 0 spiro atoms. The van der Waals surface area contributed by atoms with Gasteiger partial charge in [0.25, 0.3) is 17.5 Å². The second-order valence-electron chi connectivity index (χ2n) is 7.70. The lowest BCUT2D eigenvalue weighted by atomic mass is 10.0. The Bertz CT molecular complexity index is 1440. The van der Waals surface area contributed by atoms with Crippen molar-refractivity contribution in [3.05, 3.63) is 106 Å². The Morgan fingerprint density at radius 1 is 0.914 bits per heavy atom. The Labute approximate surface area is 198 Å². The average molecular weight is 472 g/mol. The summed E-state index contributed by atoms with van der Waals surface area (Å²) in [4.78, 5) is 51.3. The first-order chi connectivity index (χ1) is 16.8. The maximum atomic E-state index is 13.0. The molecule has 1 atom stereocenters. The van der Waals surface area contributed by atoms with Crippen LogP contribution < -0.4 is 10.6 Å². The molecule has 1 heterocycles. The molecular formula is C25H20N4O6. The number of aromatic amines is 1. The van der Waals surface area contributed by atoms with Gasteiger partial charge < -0.3 is 20.7 Å². The summed E-state index contributed by atoms with van der Waals surface area (Å²) in [5.74, 6) is -2.70. The van der Waals surface area contributed by atoms with Gasteiger partial charge in [-0.15, -0.1) is 0 Å². The first kappa shape index (κ1) is 23.2. The van der Waals surface area contributed by atoms with Crippen molar-refractivity contribution >= 4 is 40.1 Å². The molecule has 4 rings (SSSR count). The van der Waals surface area contributed by atoms with Gasteiger partial charge in [0.1, 0.15) is 11.6 Å². The molecule has 10 nitrogen and oxygen atoms in total. The zero-order valence-electron chi connectivity index (χ0n) is 18.2. The number of aromatic nitrogens is 1. The van der Waals surface area contributed by atoms with Crippen molar-refractivity contribution in [1.29, 1.82) is 0 Å². The van der Waals surface area contributed by atoms with E-state index in [9.17, 15) is 29.6 Å². The zero-order valence-corrected chi connectivity index (χ0v) is 18.2. The lowest BCUT2D eigenvalue weighted by Gasteiger charge is -2.16. The summed E-state index contributed by atoms with van der Waals surface area (Å²) in [7, 11) is 0. The van der Waals surface area contributed by atoms with Crippen LogP contribution in [0.1, 0.15) is 26.3 Å². The predicted molar refractivity (Wildman–Crippen MR) is 128 cm³/mol. The Morgan fingerprint density at radius 3 is 2.31 bits per heavy atom. The number of nitrogens with one attached hydrogen (secondary N) is 3. The van der Waals surface area contributed by atoms with Gasteiger partial charge in [0.15, 0.2) is 0 Å². The third-order valence-electron chi connectivity index (χ3n) is 5.47. The molecule has 0 saturated carbocycles.